The van der Waals surface area contributed by atoms with Crippen LogP contribution in [-0.2, 0) is 13.0 Å². The average molecular weight is 399 g/mol. The summed E-state index contributed by atoms with van der Waals surface area (Å²) in [6.45, 7) is 8.44. The lowest BCUT2D eigenvalue weighted by atomic mass is 10.0. The molecule has 1 heterocycles. The number of carbonyl (C=O) groups excluding carboxylic acids is 1. The van der Waals surface area contributed by atoms with E-state index in [4.69, 9.17) is 9.47 Å². The van der Waals surface area contributed by atoms with Gasteiger partial charge in [0.15, 0.2) is 11.5 Å². The van der Waals surface area contributed by atoms with Gasteiger partial charge in [-0.15, -0.1) is 0 Å². The number of nitrogens with zero attached hydrogens (tertiary/aromatic N) is 1. The number of carbonyl (C=O) groups is 1. The predicted molar refractivity (Wildman–Crippen MR) is 113 cm³/mol. The third kappa shape index (κ3) is 4.02. The number of amides is 1. The molecule has 156 valence electrons. The molecule has 1 aromatic heterocycles. The molecule has 0 bridgehead atoms. The molecule has 0 radical (unpaired) electrons. The van der Waals surface area contributed by atoms with Gasteiger partial charge in [0.25, 0.3) is 11.5 Å². The Morgan fingerprint density at radius 3 is 2.45 bits per heavy atom. The Morgan fingerprint density at radius 2 is 1.83 bits per heavy atom. The molecule has 6 heteroatoms. The molecule has 0 saturated carbocycles. The van der Waals surface area contributed by atoms with Gasteiger partial charge in [0.2, 0.25) is 0 Å². The van der Waals surface area contributed by atoms with Crippen molar-refractivity contribution >= 4 is 5.91 Å². The van der Waals surface area contributed by atoms with Crippen molar-refractivity contribution < 1.29 is 14.3 Å². The fourth-order valence-electron chi connectivity index (χ4n) is 4.11. The number of benzene rings is 1. The summed E-state index contributed by atoms with van der Waals surface area (Å²) < 4.78 is 12.5. The molecule has 1 N–H and O–H groups in total. The van der Waals surface area contributed by atoms with Gasteiger partial charge in [0.05, 0.1) is 20.3 Å². The number of hydrogen-bond donors (Lipinski definition) is 1. The third-order valence-electron chi connectivity index (χ3n) is 5.51. The average Bonchev–Trinajstić information content (AvgIpc) is 3.05. The molecule has 0 spiro atoms. The van der Waals surface area contributed by atoms with Gasteiger partial charge in [0.1, 0.15) is 5.56 Å². The molecule has 0 fully saturated rings. The number of aromatic nitrogens is 1. The molecule has 6 nitrogen and oxygen atoms in total. The highest BCUT2D eigenvalue weighted by Gasteiger charge is 2.28. The number of ether oxygens (including phenoxy) is 2. The van der Waals surface area contributed by atoms with E-state index in [2.05, 4.69) is 19.2 Å². The summed E-state index contributed by atoms with van der Waals surface area (Å²) in [6.07, 6.45) is 1.62. The van der Waals surface area contributed by atoms with Crippen molar-refractivity contribution in [3.63, 3.8) is 0 Å². The van der Waals surface area contributed by atoms with Gasteiger partial charge in [-0.2, -0.15) is 0 Å². The van der Waals surface area contributed by atoms with Crippen LogP contribution in [-0.4, -0.2) is 24.7 Å². The van der Waals surface area contributed by atoms with Crippen LogP contribution < -0.4 is 20.3 Å². The van der Waals surface area contributed by atoms with E-state index in [1.54, 1.807) is 18.8 Å². The van der Waals surface area contributed by atoms with Gasteiger partial charge in [-0.3, -0.25) is 9.59 Å². The zero-order valence-corrected chi connectivity index (χ0v) is 18.1. The largest absolute Gasteiger partial charge is 0.493 e. The number of aryl methyl sites for hydroxylation is 3. The molecule has 29 heavy (non-hydrogen) atoms. The predicted octanol–water partition coefficient (Wildman–Crippen LogP) is 3.56. The second-order valence-corrected chi connectivity index (χ2v) is 8.12. The molecule has 1 aliphatic carbocycles. The molecule has 1 amide bonds. The lowest BCUT2D eigenvalue weighted by Gasteiger charge is -2.19. The van der Waals surface area contributed by atoms with Crippen molar-refractivity contribution in [3.05, 3.63) is 56.5 Å². The van der Waals surface area contributed by atoms with Crippen molar-refractivity contribution in [2.45, 2.75) is 53.1 Å². The number of nitrogens with one attached hydrogen (secondary N) is 1. The van der Waals surface area contributed by atoms with Gasteiger partial charge >= 0.3 is 0 Å². The molecule has 1 aromatic carbocycles. The summed E-state index contributed by atoms with van der Waals surface area (Å²) in [5.74, 6) is 1.31. The van der Waals surface area contributed by atoms with Crippen molar-refractivity contribution in [2.75, 3.05) is 14.2 Å². The van der Waals surface area contributed by atoms with Crippen molar-refractivity contribution in [2.24, 2.45) is 5.92 Å². The van der Waals surface area contributed by atoms with Crippen LogP contribution in [0.25, 0.3) is 0 Å². The van der Waals surface area contributed by atoms with Crippen molar-refractivity contribution in [1.29, 1.82) is 0 Å². The lowest BCUT2D eigenvalue weighted by Crippen LogP contribution is -2.37. The minimum Gasteiger partial charge on any atom is -0.493 e. The fraction of sp³-hybridized carbons (Fsp3) is 0.478. The van der Waals surface area contributed by atoms with Crippen LogP contribution in [0, 0.1) is 19.8 Å². The van der Waals surface area contributed by atoms with Crippen LogP contribution in [0.3, 0.4) is 0 Å². The second kappa shape index (κ2) is 8.31. The normalized spacial score (nSPS) is 15.3. The first-order chi connectivity index (χ1) is 13.8. The van der Waals surface area contributed by atoms with Crippen LogP contribution in [0.5, 0.6) is 11.5 Å². The molecule has 1 aliphatic rings. The Labute approximate surface area is 171 Å². The first kappa shape index (κ1) is 21.0. The molecule has 0 unspecified atom stereocenters. The van der Waals surface area contributed by atoms with E-state index >= 15 is 0 Å². The Hall–Kier alpha value is -2.76. The van der Waals surface area contributed by atoms with E-state index in [9.17, 15) is 9.59 Å². The Kier molecular flexibility index (Phi) is 6.01. The summed E-state index contributed by atoms with van der Waals surface area (Å²) in [7, 11) is 3.21. The maximum absolute atomic E-state index is 13.1. The number of hydrogen-bond acceptors (Lipinski definition) is 4. The summed E-state index contributed by atoms with van der Waals surface area (Å²) in [4.78, 5) is 26.2. The molecule has 0 aliphatic heterocycles. The highest BCUT2D eigenvalue weighted by atomic mass is 16.5. The number of methoxy groups -OCH3 is 2. The van der Waals surface area contributed by atoms with Crippen LogP contribution in [0.1, 0.15) is 59.1 Å². The van der Waals surface area contributed by atoms with E-state index in [1.807, 2.05) is 32.0 Å². The molecule has 3 rings (SSSR count). The zero-order valence-electron chi connectivity index (χ0n) is 18.1. The smallest absolute Gasteiger partial charge is 0.263 e. The zero-order chi connectivity index (χ0) is 21.3. The summed E-state index contributed by atoms with van der Waals surface area (Å²) in [5.41, 5.74) is 3.73. The van der Waals surface area contributed by atoms with Gasteiger partial charge in [-0.25, -0.2) is 0 Å². The van der Waals surface area contributed by atoms with E-state index < -0.39 is 0 Å². The van der Waals surface area contributed by atoms with Gasteiger partial charge in [0, 0.05) is 12.2 Å². The Balaban J connectivity index is 1.93. The Morgan fingerprint density at radius 1 is 1.17 bits per heavy atom. The molecule has 0 saturated heterocycles. The Bertz CT molecular complexity index is 991. The summed E-state index contributed by atoms with van der Waals surface area (Å²) in [5, 5.41) is 3.07. The molecule has 1 atom stereocenters. The van der Waals surface area contributed by atoms with Gasteiger partial charge in [-0.05, 0) is 67.5 Å². The van der Waals surface area contributed by atoms with Crippen LogP contribution in [0.4, 0.5) is 0 Å². The monoisotopic (exact) mass is 398 g/mol. The minimum absolute atomic E-state index is 0.157. The van der Waals surface area contributed by atoms with Crippen molar-refractivity contribution in [3.8, 4) is 11.5 Å². The quantitative estimate of drug-likeness (QED) is 0.808. The van der Waals surface area contributed by atoms with Crippen LogP contribution in [0.2, 0.25) is 0 Å². The fourth-order valence-corrected chi connectivity index (χ4v) is 4.11. The minimum atomic E-state index is -0.322. The van der Waals surface area contributed by atoms with E-state index in [-0.39, 0.29) is 23.1 Å². The van der Waals surface area contributed by atoms with Crippen LogP contribution >= 0.6 is 0 Å². The highest BCUT2D eigenvalue weighted by Crippen LogP contribution is 2.39. The first-order valence-electron chi connectivity index (χ1n) is 10.0. The first-order valence-corrected chi connectivity index (χ1v) is 10.0. The van der Waals surface area contributed by atoms with Gasteiger partial charge < -0.3 is 19.4 Å². The third-order valence-corrected chi connectivity index (χ3v) is 5.51. The maximum Gasteiger partial charge on any atom is 0.263 e. The van der Waals surface area contributed by atoms with Gasteiger partial charge in [-0.1, -0.05) is 13.8 Å². The molecular formula is C23H30N2O4. The second-order valence-electron chi connectivity index (χ2n) is 8.12. The standard InChI is InChI=1S/C23H30N2O4/c1-13(2)12-25-15(4)9-14(3)21(23(25)27)22(26)24-18-8-7-16-10-19(28-5)20(29-6)11-17(16)18/h9-11,13,18H,7-8,12H2,1-6H3,(H,24,26)/t18-/m1/s1. The topological polar surface area (TPSA) is 69.6 Å². The van der Waals surface area contributed by atoms with E-state index in [0.717, 1.165) is 29.7 Å². The summed E-state index contributed by atoms with van der Waals surface area (Å²) >= 11 is 0. The lowest BCUT2D eigenvalue weighted by molar-refractivity contribution is 0.0933. The van der Waals surface area contributed by atoms with E-state index in [1.165, 1.54) is 0 Å². The van der Waals surface area contributed by atoms with Crippen molar-refractivity contribution in [1.82, 2.24) is 9.88 Å². The SMILES string of the molecule is COc1cc2c(cc1OC)[C@H](NC(=O)c1c(C)cc(C)n(CC(C)C)c1=O)CC2. The highest BCUT2D eigenvalue weighted by molar-refractivity contribution is 5.95. The molecular weight excluding hydrogens is 368 g/mol. The van der Waals surface area contributed by atoms with Crippen LogP contribution in [0.15, 0.2) is 23.0 Å². The molecule has 2 aromatic rings. The maximum atomic E-state index is 13.1. The number of pyridine rings is 1. The number of fused-ring (bicyclic) bond motifs is 1. The number of rotatable bonds is 6. The summed E-state index contributed by atoms with van der Waals surface area (Å²) in [6, 6.07) is 5.64. The van der Waals surface area contributed by atoms with E-state index in [0.29, 0.717) is 29.5 Å².